The van der Waals surface area contributed by atoms with Crippen LogP contribution in [0.2, 0.25) is 10.0 Å². The topological polar surface area (TPSA) is 86.2 Å². The SMILES string of the molecule is CCC(=O)C(Cc1ccc(Cl)cc1Cl)c1ccnc2nc(N)nn12. The largest absolute Gasteiger partial charge is 0.366 e. The van der Waals surface area contributed by atoms with Crippen molar-refractivity contribution in [2.24, 2.45) is 0 Å². The van der Waals surface area contributed by atoms with Gasteiger partial charge in [-0.3, -0.25) is 4.79 Å². The first-order valence-corrected chi connectivity index (χ1v) is 8.19. The first-order valence-electron chi connectivity index (χ1n) is 7.43. The van der Waals surface area contributed by atoms with E-state index in [0.717, 1.165) is 5.56 Å². The summed E-state index contributed by atoms with van der Waals surface area (Å²) in [4.78, 5) is 20.7. The van der Waals surface area contributed by atoms with Crippen LogP contribution in [0.4, 0.5) is 5.95 Å². The Bertz CT molecular complexity index is 909. The van der Waals surface area contributed by atoms with Crippen LogP contribution in [0.3, 0.4) is 0 Å². The number of hydrogen-bond acceptors (Lipinski definition) is 5. The molecule has 0 bridgehead atoms. The Hall–Kier alpha value is -2.18. The van der Waals surface area contributed by atoms with E-state index in [1.165, 1.54) is 4.52 Å². The molecule has 0 aliphatic rings. The molecule has 1 aromatic carbocycles. The molecule has 0 spiro atoms. The third-order valence-electron chi connectivity index (χ3n) is 3.82. The highest BCUT2D eigenvalue weighted by atomic mass is 35.5. The molecule has 124 valence electrons. The molecule has 2 heterocycles. The van der Waals surface area contributed by atoms with Gasteiger partial charge in [0.25, 0.3) is 5.78 Å². The van der Waals surface area contributed by atoms with Gasteiger partial charge in [0.2, 0.25) is 5.95 Å². The molecule has 8 heteroatoms. The summed E-state index contributed by atoms with van der Waals surface area (Å²) >= 11 is 12.2. The second-order valence-corrected chi connectivity index (χ2v) is 6.21. The fourth-order valence-electron chi connectivity index (χ4n) is 2.63. The van der Waals surface area contributed by atoms with E-state index in [1.807, 2.05) is 13.0 Å². The maximum absolute atomic E-state index is 12.6. The van der Waals surface area contributed by atoms with Gasteiger partial charge in [-0.05, 0) is 30.2 Å². The summed E-state index contributed by atoms with van der Waals surface area (Å²) in [6.45, 7) is 1.83. The molecule has 1 atom stereocenters. The van der Waals surface area contributed by atoms with Gasteiger partial charge in [-0.2, -0.15) is 9.50 Å². The van der Waals surface area contributed by atoms with E-state index in [0.29, 0.717) is 34.4 Å². The van der Waals surface area contributed by atoms with Gasteiger partial charge in [-0.25, -0.2) is 4.98 Å². The zero-order valence-corrected chi connectivity index (χ0v) is 14.4. The molecule has 3 rings (SSSR count). The molecule has 0 saturated heterocycles. The lowest BCUT2D eigenvalue weighted by atomic mass is 9.90. The molecule has 2 N–H and O–H groups in total. The van der Waals surface area contributed by atoms with Gasteiger partial charge < -0.3 is 5.73 Å². The predicted molar refractivity (Wildman–Crippen MR) is 93.4 cm³/mol. The molecule has 0 saturated carbocycles. The van der Waals surface area contributed by atoms with Gasteiger partial charge in [0.05, 0.1) is 11.6 Å². The monoisotopic (exact) mass is 363 g/mol. The predicted octanol–water partition coefficient (Wildman–Crippen LogP) is 3.32. The summed E-state index contributed by atoms with van der Waals surface area (Å²) in [5.41, 5.74) is 7.18. The Morgan fingerprint density at radius 2 is 2.12 bits per heavy atom. The highest BCUT2D eigenvalue weighted by molar-refractivity contribution is 6.35. The van der Waals surface area contributed by atoms with Crippen molar-refractivity contribution < 1.29 is 4.79 Å². The zero-order chi connectivity index (χ0) is 17.3. The summed E-state index contributed by atoms with van der Waals surface area (Å²) in [7, 11) is 0. The fraction of sp³-hybridized carbons (Fsp3) is 0.250. The molecule has 1 unspecified atom stereocenters. The van der Waals surface area contributed by atoms with E-state index >= 15 is 0 Å². The highest BCUT2D eigenvalue weighted by Crippen LogP contribution is 2.28. The minimum atomic E-state index is -0.430. The Labute approximate surface area is 148 Å². The number of ketones is 1. The van der Waals surface area contributed by atoms with Crippen LogP contribution < -0.4 is 5.73 Å². The maximum atomic E-state index is 12.6. The van der Waals surface area contributed by atoms with Crippen molar-refractivity contribution in [3.05, 3.63) is 51.8 Å². The lowest BCUT2D eigenvalue weighted by molar-refractivity contribution is -0.120. The van der Waals surface area contributed by atoms with Gasteiger partial charge in [-0.15, -0.1) is 5.10 Å². The second kappa shape index (κ2) is 6.75. The molecule has 6 nitrogen and oxygen atoms in total. The average molecular weight is 364 g/mol. The zero-order valence-electron chi connectivity index (χ0n) is 12.9. The molecule has 0 fully saturated rings. The van der Waals surface area contributed by atoms with Crippen molar-refractivity contribution >= 4 is 40.7 Å². The molecule has 2 aromatic heterocycles. The van der Waals surface area contributed by atoms with E-state index in [1.54, 1.807) is 24.4 Å². The number of nitrogen functional groups attached to an aromatic ring is 1. The van der Waals surface area contributed by atoms with E-state index in [9.17, 15) is 4.79 Å². The van der Waals surface area contributed by atoms with E-state index in [2.05, 4.69) is 15.1 Å². The third-order valence-corrected chi connectivity index (χ3v) is 4.41. The number of nitrogens with zero attached hydrogens (tertiary/aromatic N) is 4. The molecular formula is C16H15Cl2N5O. The fourth-order valence-corrected chi connectivity index (χ4v) is 3.11. The average Bonchev–Trinajstić information content (AvgIpc) is 2.94. The standard InChI is InChI=1S/C16H15Cl2N5O/c1-2-14(24)11(7-9-3-4-10(17)8-12(9)18)13-5-6-20-16-21-15(19)22-23(13)16/h3-6,8,11H,2,7H2,1H3,(H2,19,22). The lowest BCUT2D eigenvalue weighted by Crippen LogP contribution is -2.18. The molecule has 0 radical (unpaired) electrons. The lowest BCUT2D eigenvalue weighted by Gasteiger charge is -2.17. The Morgan fingerprint density at radius 3 is 2.83 bits per heavy atom. The van der Waals surface area contributed by atoms with Crippen molar-refractivity contribution in [2.75, 3.05) is 5.73 Å². The van der Waals surface area contributed by atoms with Crippen LogP contribution in [0.1, 0.15) is 30.5 Å². The van der Waals surface area contributed by atoms with Crippen molar-refractivity contribution in [3.8, 4) is 0 Å². The number of Topliss-reactive ketones (excluding diaryl/α,β-unsaturated/α-hetero) is 1. The van der Waals surface area contributed by atoms with Crippen molar-refractivity contribution in [3.63, 3.8) is 0 Å². The quantitative estimate of drug-likeness (QED) is 0.751. The number of anilines is 1. The van der Waals surface area contributed by atoms with Crippen molar-refractivity contribution in [1.82, 2.24) is 19.6 Å². The summed E-state index contributed by atoms with van der Waals surface area (Å²) < 4.78 is 1.51. The van der Waals surface area contributed by atoms with Crippen molar-refractivity contribution in [2.45, 2.75) is 25.7 Å². The van der Waals surface area contributed by atoms with Crippen LogP contribution in [0.5, 0.6) is 0 Å². The Kier molecular flexibility index (Phi) is 4.69. The highest BCUT2D eigenvalue weighted by Gasteiger charge is 2.24. The Balaban J connectivity index is 2.07. The summed E-state index contributed by atoms with van der Waals surface area (Å²) in [5, 5.41) is 5.22. The van der Waals surface area contributed by atoms with Crippen LogP contribution in [-0.2, 0) is 11.2 Å². The minimum Gasteiger partial charge on any atom is -0.366 e. The number of nitrogens with two attached hydrogens (primary N) is 1. The first-order chi connectivity index (χ1) is 11.5. The van der Waals surface area contributed by atoms with Gasteiger partial charge >= 0.3 is 0 Å². The number of fused-ring (bicyclic) bond motifs is 1. The van der Waals surface area contributed by atoms with Gasteiger partial charge in [0, 0.05) is 22.7 Å². The number of carbonyl (C=O) groups is 1. The van der Waals surface area contributed by atoms with E-state index in [4.69, 9.17) is 28.9 Å². The second-order valence-electron chi connectivity index (χ2n) is 5.36. The van der Waals surface area contributed by atoms with Crippen LogP contribution >= 0.6 is 23.2 Å². The third kappa shape index (κ3) is 3.20. The normalized spacial score (nSPS) is 12.5. The minimum absolute atomic E-state index is 0.0718. The molecular weight excluding hydrogens is 349 g/mol. The summed E-state index contributed by atoms with van der Waals surface area (Å²) in [6, 6.07) is 7.01. The number of rotatable bonds is 5. The number of aromatic nitrogens is 4. The number of hydrogen-bond donors (Lipinski definition) is 1. The Morgan fingerprint density at radius 1 is 1.33 bits per heavy atom. The summed E-state index contributed by atoms with van der Waals surface area (Å²) in [5.74, 6) is 0.117. The van der Waals surface area contributed by atoms with Crippen LogP contribution in [0.15, 0.2) is 30.5 Å². The van der Waals surface area contributed by atoms with Gasteiger partial charge in [-0.1, -0.05) is 36.2 Å². The van der Waals surface area contributed by atoms with Crippen LogP contribution in [0, 0.1) is 0 Å². The van der Waals surface area contributed by atoms with Gasteiger partial charge in [0.1, 0.15) is 5.78 Å². The first kappa shape index (κ1) is 16.7. The number of benzene rings is 1. The molecule has 24 heavy (non-hydrogen) atoms. The van der Waals surface area contributed by atoms with Crippen LogP contribution in [-0.4, -0.2) is 25.4 Å². The molecule has 3 aromatic rings. The molecule has 0 aliphatic heterocycles. The van der Waals surface area contributed by atoms with Gasteiger partial charge in [0.15, 0.2) is 0 Å². The molecule has 0 aliphatic carbocycles. The number of carbonyl (C=O) groups excluding carboxylic acids is 1. The van der Waals surface area contributed by atoms with E-state index < -0.39 is 5.92 Å². The summed E-state index contributed by atoms with van der Waals surface area (Å²) in [6.07, 6.45) is 2.42. The van der Waals surface area contributed by atoms with Crippen molar-refractivity contribution in [1.29, 1.82) is 0 Å². The van der Waals surface area contributed by atoms with E-state index in [-0.39, 0.29) is 11.7 Å². The molecule has 0 amide bonds. The number of halogens is 2. The maximum Gasteiger partial charge on any atom is 0.254 e. The van der Waals surface area contributed by atoms with Crippen LogP contribution in [0.25, 0.3) is 5.78 Å². The smallest absolute Gasteiger partial charge is 0.254 e.